The Bertz CT molecular complexity index is 1010. The molecule has 0 unspecified atom stereocenters. The summed E-state index contributed by atoms with van der Waals surface area (Å²) in [5, 5.41) is 5.35. The van der Waals surface area contributed by atoms with Crippen LogP contribution in [0.3, 0.4) is 0 Å². The van der Waals surface area contributed by atoms with Gasteiger partial charge in [0.15, 0.2) is 0 Å². The molecule has 4 fully saturated rings. The standard InChI is InChI=1S/C25H29ClN3O3.C5H5.Fe/c1-24(2)17-30-25(32-31-24)9-12-29(13-10-25)16-19-5-3-4-18(19)15-28-22-8-11-27-23-14-20(26)6-7-21(22)23;1-2-4-5-3-1;/h3-8,11,14H,9-10,12-13,15-17H2,1-2H3,(H,27,28);1-5H;/q;;+2. The Hall–Kier alpha value is -0.921. The number of aromatic nitrogens is 1. The monoisotopic (exact) mass is 575 g/mol. The molecule has 6 nitrogen and oxygen atoms in total. The van der Waals surface area contributed by atoms with Gasteiger partial charge < -0.3 is 15.0 Å². The number of halogens is 1. The number of nitrogens with one attached hydrogen (secondary N) is 1. The molecule has 8 heteroatoms. The van der Waals surface area contributed by atoms with Crippen molar-refractivity contribution in [1.82, 2.24) is 9.88 Å². The molecule has 1 aromatic heterocycles. The van der Waals surface area contributed by atoms with Gasteiger partial charge in [0.05, 0.1) is 12.1 Å². The van der Waals surface area contributed by atoms with E-state index in [1.54, 1.807) is 0 Å². The average Bonchev–Trinajstić information content (AvgIpc) is 3.62. The molecule has 2 aliphatic carbocycles. The van der Waals surface area contributed by atoms with Crippen LogP contribution in [0.1, 0.15) is 26.7 Å². The van der Waals surface area contributed by atoms with Gasteiger partial charge in [0, 0.05) is 73.1 Å². The van der Waals surface area contributed by atoms with Crippen molar-refractivity contribution in [2.75, 3.05) is 38.1 Å². The first-order valence-corrected chi connectivity index (χ1v) is 13.2. The van der Waals surface area contributed by atoms with Gasteiger partial charge in [-0.15, -0.1) is 0 Å². The molecule has 2 aromatic rings. The number of piperidine rings is 1. The molecule has 10 radical (unpaired) electrons. The topological polar surface area (TPSA) is 55.9 Å². The van der Waals surface area contributed by atoms with E-state index in [-0.39, 0.29) is 22.7 Å². The van der Waals surface area contributed by atoms with E-state index < -0.39 is 5.79 Å². The van der Waals surface area contributed by atoms with E-state index in [2.05, 4.69) is 34.5 Å². The van der Waals surface area contributed by atoms with Gasteiger partial charge in [-0.2, -0.15) is 0 Å². The summed E-state index contributed by atoms with van der Waals surface area (Å²) in [7, 11) is 0. The second-order valence-corrected chi connectivity index (χ2v) is 10.8. The summed E-state index contributed by atoms with van der Waals surface area (Å²) in [6, 6.07) is 7.82. The van der Waals surface area contributed by atoms with E-state index >= 15 is 0 Å². The fourth-order valence-corrected chi connectivity index (χ4v) is 4.84. The summed E-state index contributed by atoms with van der Waals surface area (Å²) >= 11 is 6.12. The van der Waals surface area contributed by atoms with E-state index in [9.17, 15) is 0 Å². The fraction of sp³-hybridized carbons (Fsp3) is 0.367. The predicted octanol–water partition coefficient (Wildman–Crippen LogP) is 5.64. The van der Waals surface area contributed by atoms with Crippen molar-refractivity contribution in [1.29, 1.82) is 0 Å². The zero-order valence-corrected chi connectivity index (χ0v) is 23.7. The number of likely N-dealkylation sites (tertiary alicyclic amines) is 1. The number of hydrogen-bond acceptors (Lipinski definition) is 6. The number of anilines is 1. The van der Waals surface area contributed by atoms with Crippen LogP contribution in [0.2, 0.25) is 5.02 Å². The van der Waals surface area contributed by atoms with Crippen LogP contribution in [0, 0.1) is 63.2 Å². The molecule has 2 aliphatic heterocycles. The SMILES string of the molecule is CC1(C)COC2(CCN(C[C]3[CH][CH][CH][C]3CNc3ccnc4cc(Cl)ccc34)CC2)OO1.[CH]1[CH][CH][CH][CH]1.[Fe+2]. The number of ether oxygens (including phenoxy) is 1. The van der Waals surface area contributed by atoms with Crippen molar-refractivity contribution < 1.29 is 31.6 Å². The third kappa shape index (κ3) is 7.84. The summed E-state index contributed by atoms with van der Waals surface area (Å²) < 4.78 is 6.06. The van der Waals surface area contributed by atoms with Crippen LogP contribution >= 0.6 is 11.6 Å². The van der Waals surface area contributed by atoms with E-state index in [4.69, 9.17) is 26.1 Å². The van der Waals surface area contributed by atoms with Crippen molar-refractivity contribution in [2.24, 2.45) is 0 Å². The van der Waals surface area contributed by atoms with Gasteiger partial charge in [0.1, 0.15) is 5.60 Å². The van der Waals surface area contributed by atoms with Crippen LogP contribution in [0.15, 0.2) is 30.5 Å². The first-order valence-electron chi connectivity index (χ1n) is 12.8. The first kappa shape index (κ1) is 30.0. The van der Waals surface area contributed by atoms with Crippen LogP contribution in [0.4, 0.5) is 5.69 Å². The number of rotatable bonds is 5. The quantitative estimate of drug-likeness (QED) is 0.368. The molecule has 6 rings (SSSR count). The zero-order chi connectivity index (χ0) is 25.7. The van der Waals surface area contributed by atoms with Gasteiger partial charge in [-0.05, 0) is 89.5 Å². The minimum atomic E-state index is -0.590. The van der Waals surface area contributed by atoms with Gasteiger partial charge in [-0.25, -0.2) is 9.78 Å². The maximum absolute atomic E-state index is 6.12. The molecule has 3 heterocycles. The molecule has 0 amide bonds. The molecule has 200 valence electrons. The van der Waals surface area contributed by atoms with Crippen molar-refractivity contribution in [3.63, 3.8) is 0 Å². The van der Waals surface area contributed by atoms with E-state index in [1.807, 2.05) is 76.4 Å². The fourth-order valence-electron chi connectivity index (χ4n) is 4.67. The number of nitrogens with zero attached hydrogens (tertiary/aromatic N) is 2. The summed E-state index contributed by atoms with van der Waals surface area (Å²) in [6.45, 7) is 8.01. The molecule has 38 heavy (non-hydrogen) atoms. The second kappa shape index (κ2) is 13.6. The Morgan fingerprint density at radius 2 is 1.66 bits per heavy atom. The van der Waals surface area contributed by atoms with Gasteiger partial charge >= 0.3 is 17.1 Å². The van der Waals surface area contributed by atoms with Crippen LogP contribution in [0.5, 0.6) is 0 Å². The van der Waals surface area contributed by atoms with E-state index in [0.29, 0.717) is 11.6 Å². The summed E-state index contributed by atoms with van der Waals surface area (Å²) in [5.41, 5.74) is 1.58. The van der Waals surface area contributed by atoms with Crippen LogP contribution in [-0.4, -0.2) is 54.1 Å². The second-order valence-electron chi connectivity index (χ2n) is 10.3. The summed E-state index contributed by atoms with van der Waals surface area (Å²) in [4.78, 5) is 18.1. The Morgan fingerprint density at radius 3 is 2.34 bits per heavy atom. The maximum Gasteiger partial charge on any atom is 2.00 e. The molecule has 4 aliphatic rings. The third-order valence-corrected chi connectivity index (χ3v) is 7.09. The van der Waals surface area contributed by atoms with Crippen LogP contribution < -0.4 is 5.32 Å². The van der Waals surface area contributed by atoms with Crippen molar-refractivity contribution >= 4 is 28.2 Å². The van der Waals surface area contributed by atoms with Crippen LogP contribution in [0.25, 0.3) is 10.9 Å². The molecular weight excluding hydrogens is 542 g/mol. The molecule has 1 aromatic carbocycles. The van der Waals surface area contributed by atoms with Crippen molar-refractivity contribution in [3.05, 3.63) is 98.7 Å². The van der Waals surface area contributed by atoms with Crippen LogP contribution in [-0.2, 0) is 31.6 Å². The average molecular weight is 576 g/mol. The number of hydrogen-bond donors (Lipinski definition) is 1. The van der Waals surface area contributed by atoms with Crippen molar-refractivity contribution in [3.8, 4) is 0 Å². The Kier molecular flexibility index (Phi) is 10.8. The van der Waals surface area contributed by atoms with Gasteiger partial charge in [0.2, 0.25) is 5.79 Å². The van der Waals surface area contributed by atoms with E-state index in [0.717, 1.165) is 55.6 Å². The largest absolute Gasteiger partial charge is 2.00 e. The molecule has 1 N–H and O–H groups in total. The molecule has 1 spiro atoms. The molecule has 0 bridgehead atoms. The first-order chi connectivity index (χ1) is 17.9. The summed E-state index contributed by atoms with van der Waals surface area (Å²) in [5.74, 6) is 2.06. The number of fused-ring (bicyclic) bond motifs is 1. The Balaban J connectivity index is 0.000000504. The summed E-state index contributed by atoms with van der Waals surface area (Å²) in [6.07, 6.45) is 20.0. The third-order valence-electron chi connectivity index (χ3n) is 6.85. The smallest absolute Gasteiger partial charge is 0.384 e. The van der Waals surface area contributed by atoms with E-state index in [1.165, 1.54) is 11.8 Å². The Morgan fingerprint density at radius 1 is 0.947 bits per heavy atom. The normalized spacial score (nSPS) is 23.7. The number of benzene rings is 1. The minimum absolute atomic E-state index is 0. The van der Waals surface area contributed by atoms with Gasteiger partial charge in [-0.3, -0.25) is 4.98 Å². The molecule has 2 saturated carbocycles. The molecule has 0 atom stereocenters. The predicted molar refractivity (Wildman–Crippen MR) is 147 cm³/mol. The Labute approximate surface area is 243 Å². The zero-order valence-electron chi connectivity index (χ0n) is 21.8. The minimum Gasteiger partial charge on any atom is -0.384 e. The maximum atomic E-state index is 6.12. The van der Waals surface area contributed by atoms with Gasteiger partial charge in [0.25, 0.3) is 0 Å². The van der Waals surface area contributed by atoms with Gasteiger partial charge in [-0.1, -0.05) is 11.6 Å². The molecule has 2 saturated heterocycles. The van der Waals surface area contributed by atoms with Crippen molar-refractivity contribution in [2.45, 2.75) is 38.1 Å². The molecular formula is C30H34ClFeN3O3+2. The number of pyridine rings is 1.